The minimum absolute atomic E-state index is 0.0857. The molecule has 0 spiro atoms. The zero-order valence-corrected chi connectivity index (χ0v) is 23.3. The predicted molar refractivity (Wildman–Crippen MR) is 144 cm³/mol. The Morgan fingerprint density at radius 1 is 1.27 bits per heavy atom. The summed E-state index contributed by atoms with van der Waals surface area (Å²) in [5.41, 5.74) is 3.80. The molecule has 1 aromatic carbocycles. The SMILES string of the molecule is CC[C@@]1(OC(C)C)C(=O)OCc2c1cc1n(c2=O)Cc2c-1nc1cc(F)c(C)c3c1c2[C@@H](NC(=O)COC)CC3. The van der Waals surface area contributed by atoms with Crippen LogP contribution in [0.25, 0.3) is 22.3 Å². The van der Waals surface area contributed by atoms with Gasteiger partial charge in [0.15, 0.2) is 5.60 Å². The van der Waals surface area contributed by atoms with Gasteiger partial charge < -0.3 is 24.1 Å². The molecule has 10 heteroatoms. The second-order valence-corrected chi connectivity index (χ2v) is 11.0. The molecule has 2 aliphatic heterocycles. The molecule has 4 heterocycles. The van der Waals surface area contributed by atoms with Crippen LogP contribution in [0, 0.1) is 12.7 Å². The predicted octanol–water partition coefficient (Wildman–Crippen LogP) is 3.71. The Bertz CT molecular complexity index is 1660. The number of nitrogens with zero attached hydrogens (tertiary/aromatic N) is 2. The standard InChI is InChI=1S/C30H32FN3O6/c1-6-30(40-14(2)3)19-9-23-27-17(11-34(23)28(36)18(19)12-39-29(30)37)26-21(32-24(35)13-38-5)8-7-16-15(4)20(31)10-22(33-27)25(16)26/h9-10,14,21H,6-8,11-13H2,1-5H3,(H,32,35)/t21-,30-/m0/s1. The number of carbonyl (C=O) groups excluding carboxylic acids is 2. The molecule has 2 aromatic heterocycles. The topological polar surface area (TPSA) is 109 Å². The summed E-state index contributed by atoms with van der Waals surface area (Å²) in [6.07, 6.45) is 1.14. The van der Waals surface area contributed by atoms with Gasteiger partial charge in [-0.1, -0.05) is 6.92 Å². The summed E-state index contributed by atoms with van der Waals surface area (Å²) in [7, 11) is 1.46. The average Bonchev–Trinajstić information content (AvgIpc) is 3.28. The van der Waals surface area contributed by atoms with Gasteiger partial charge in [0.05, 0.1) is 41.2 Å². The van der Waals surface area contributed by atoms with Crippen molar-refractivity contribution in [3.8, 4) is 11.4 Å². The van der Waals surface area contributed by atoms with E-state index in [9.17, 15) is 14.4 Å². The highest BCUT2D eigenvalue weighted by atomic mass is 19.1. The summed E-state index contributed by atoms with van der Waals surface area (Å²) < 4.78 is 33.4. The molecule has 0 saturated carbocycles. The zero-order chi connectivity index (χ0) is 28.5. The normalized spacial score (nSPS) is 20.8. The second kappa shape index (κ2) is 9.49. The fourth-order valence-corrected chi connectivity index (χ4v) is 6.65. The van der Waals surface area contributed by atoms with Crippen LogP contribution in [0.1, 0.15) is 73.0 Å². The van der Waals surface area contributed by atoms with Gasteiger partial charge in [-0.2, -0.15) is 0 Å². The lowest BCUT2D eigenvalue weighted by Gasteiger charge is -2.37. The number of methoxy groups -OCH3 is 1. The van der Waals surface area contributed by atoms with E-state index in [0.29, 0.717) is 46.4 Å². The number of amides is 1. The highest BCUT2D eigenvalue weighted by Crippen LogP contribution is 2.46. The van der Waals surface area contributed by atoms with Crippen LogP contribution in [0.5, 0.6) is 0 Å². The largest absolute Gasteiger partial charge is 0.458 e. The molecule has 0 bridgehead atoms. The number of cyclic esters (lactones) is 1. The van der Waals surface area contributed by atoms with Gasteiger partial charge in [-0.15, -0.1) is 0 Å². The number of carbonyl (C=O) groups is 2. The minimum Gasteiger partial charge on any atom is -0.458 e. The number of esters is 1. The zero-order valence-electron chi connectivity index (χ0n) is 23.3. The summed E-state index contributed by atoms with van der Waals surface area (Å²) in [5.74, 6) is -1.13. The van der Waals surface area contributed by atoms with Crippen LogP contribution in [0.2, 0.25) is 0 Å². The number of nitrogens with one attached hydrogen (secondary N) is 1. The Morgan fingerprint density at radius 3 is 2.75 bits per heavy atom. The van der Waals surface area contributed by atoms with Gasteiger partial charge in [-0.05, 0) is 62.8 Å². The lowest BCUT2D eigenvalue weighted by molar-refractivity contribution is -0.187. The second-order valence-electron chi connectivity index (χ2n) is 11.0. The molecule has 1 N–H and O–H groups in total. The number of pyridine rings is 2. The Morgan fingerprint density at radius 2 is 2.05 bits per heavy atom. The lowest BCUT2D eigenvalue weighted by Crippen LogP contribution is -2.47. The molecule has 40 heavy (non-hydrogen) atoms. The van der Waals surface area contributed by atoms with Gasteiger partial charge in [-0.3, -0.25) is 9.59 Å². The summed E-state index contributed by atoms with van der Waals surface area (Å²) in [5, 5.41) is 3.89. The number of fused-ring (bicyclic) bond motifs is 5. The van der Waals surface area contributed by atoms with Crippen LogP contribution in [-0.2, 0) is 49.0 Å². The van der Waals surface area contributed by atoms with E-state index >= 15 is 4.39 Å². The molecule has 0 unspecified atom stereocenters. The van der Waals surface area contributed by atoms with E-state index in [1.165, 1.54) is 13.2 Å². The Kier molecular flexibility index (Phi) is 6.30. The molecule has 1 amide bonds. The number of hydrogen-bond acceptors (Lipinski definition) is 7. The van der Waals surface area contributed by atoms with Crippen LogP contribution < -0.4 is 10.9 Å². The third-order valence-corrected chi connectivity index (χ3v) is 8.39. The van der Waals surface area contributed by atoms with Gasteiger partial charge >= 0.3 is 5.97 Å². The van der Waals surface area contributed by atoms with Crippen LogP contribution in [0.15, 0.2) is 16.9 Å². The Labute approximate surface area is 230 Å². The molecule has 3 aromatic rings. The maximum Gasteiger partial charge on any atom is 0.343 e. The number of rotatable bonds is 6. The monoisotopic (exact) mass is 549 g/mol. The third-order valence-electron chi connectivity index (χ3n) is 8.39. The summed E-state index contributed by atoms with van der Waals surface area (Å²) in [6, 6.07) is 2.88. The van der Waals surface area contributed by atoms with Crippen molar-refractivity contribution >= 4 is 22.8 Å². The first-order valence-electron chi connectivity index (χ1n) is 13.7. The van der Waals surface area contributed by atoms with Gasteiger partial charge in [-0.25, -0.2) is 14.2 Å². The Balaban J connectivity index is 1.62. The van der Waals surface area contributed by atoms with Gasteiger partial charge in [0.2, 0.25) is 5.91 Å². The van der Waals surface area contributed by atoms with E-state index in [-0.39, 0.29) is 55.6 Å². The van der Waals surface area contributed by atoms with Crippen molar-refractivity contribution in [3.05, 3.63) is 61.7 Å². The maximum absolute atomic E-state index is 15.1. The molecule has 1 aliphatic carbocycles. The smallest absolute Gasteiger partial charge is 0.343 e. The Hall–Kier alpha value is -3.63. The number of ether oxygens (including phenoxy) is 3. The highest BCUT2D eigenvalue weighted by molar-refractivity contribution is 5.94. The molecule has 0 saturated heterocycles. The lowest BCUT2D eigenvalue weighted by atomic mass is 9.81. The van der Waals surface area contributed by atoms with E-state index in [1.54, 1.807) is 11.5 Å². The number of aryl methyl sites for hydroxylation is 1. The average molecular weight is 550 g/mol. The van der Waals surface area contributed by atoms with Crippen LogP contribution in [0.3, 0.4) is 0 Å². The molecule has 0 radical (unpaired) electrons. The van der Waals surface area contributed by atoms with E-state index in [2.05, 4.69) is 5.32 Å². The van der Waals surface area contributed by atoms with Crippen molar-refractivity contribution in [1.82, 2.24) is 14.9 Å². The van der Waals surface area contributed by atoms with E-state index in [1.807, 2.05) is 26.8 Å². The van der Waals surface area contributed by atoms with Crippen LogP contribution in [0.4, 0.5) is 4.39 Å². The number of aromatic nitrogens is 2. The molecule has 210 valence electrons. The fourth-order valence-electron chi connectivity index (χ4n) is 6.65. The highest BCUT2D eigenvalue weighted by Gasteiger charge is 2.49. The first-order valence-corrected chi connectivity index (χ1v) is 13.7. The van der Waals surface area contributed by atoms with E-state index in [0.717, 1.165) is 22.1 Å². The molecule has 2 atom stereocenters. The number of halogens is 1. The van der Waals surface area contributed by atoms with Crippen molar-refractivity contribution in [2.75, 3.05) is 13.7 Å². The van der Waals surface area contributed by atoms with E-state index in [4.69, 9.17) is 19.2 Å². The molecule has 6 rings (SSSR count). The van der Waals surface area contributed by atoms with Crippen LogP contribution in [-0.4, -0.2) is 41.2 Å². The quantitative estimate of drug-likeness (QED) is 0.365. The van der Waals surface area contributed by atoms with Gasteiger partial charge in [0.1, 0.15) is 19.0 Å². The molecular formula is C30H32FN3O6. The molecular weight excluding hydrogens is 517 g/mol. The van der Waals surface area contributed by atoms with Crippen molar-refractivity contribution in [3.63, 3.8) is 0 Å². The van der Waals surface area contributed by atoms with Crippen LogP contribution >= 0.6 is 0 Å². The molecule has 9 nitrogen and oxygen atoms in total. The number of hydrogen-bond donors (Lipinski definition) is 1. The maximum atomic E-state index is 15.1. The van der Waals surface area contributed by atoms with Crippen molar-refractivity contribution in [2.24, 2.45) is 0 Å². The number of benzene rings is 1. The third kappa shape index (κ3) is 3.72. The fraction of sp³-hybridized carbons (Fsp3) is 0.467. The summed E-state index contributed by atoms with van der Waals surface area (Å²) >= 11 is 0. The van der Waals surface area contributed by atoms with Gasteiger partial charge in [0, 0.05) is 29.7 Å². The summed E-state index contributed by atoms with van der Waals surface area (Å²) in [4.78, 5) is 44.6. The molecule has 0 fully saturated rings. The van der Waals surface area contributed by atoms with Crippen molar-refractivity contribution < 1.29 is 28.2 Å². The first kappa shape index (κ1) is 26.6. The first-order chi connectivity index (χ1) is 19.1. The van der Waals surface area contributed by atoms with E-state index < -0.39 is 11.6 Å². The summed E-state index contributed by atoms with van der Waals surface area (Å²) in [6.45, 7) is 7.26. The molecule has 3 aliphatic rings. The van der Waals surface area contributed by atoms with Crippen molar-refractivity contribution in [1.29, 1.82) is 0 Å². The van der Waals surface area contributed by atoms with Crippen molar-refractivity contribution in [2.45, 2.75) is 77.9 Å². The van der Waals surface area contributed by atoms with Gasteiger partial charge in [0.25, 0.3) is 5.56 Å². The minimum atomic E-state index is -1.42.